The lowest BCUT2D eigenvalue weighted by molar-refractivity contribution is -0.384. The van der Waals surface area contributed by atoms with Gasteiger partial charge in [-0.25, -0.2) is 9.71 Å². The molecule has 23 heteroatoms. The summed E-state index contributed by atoms with van der Waals surface area (Å²) in [5.41, 5.74) is 6.19. The molecule has 432 valence electrons. The summed E-state index contributed by atoms with van der Waals surface area (Å²) >= 11 is 0. The molecular weight excluding hydrogens is 1070 g/mol. The number of aromatic nitrogens is 4. The summed E-state index contributed by atoms with van der Waals surface area (Å²) in [7, 11) is -3.07. The highest BCUT2D eigenvalue weighted by Crippen LogP contribution is 2.54. The third-order valence-corrected chi connectivity index (χ3v) is 19.3. The highest BCUT2D eigenvalue weighted by atomic mass is 32.2. The second-order valence-corrected chi connectivity index (χ2v) is 24.8. The lowest BCUT2D eigenvalue weighted by Crippen LogP contribution is -2.59. The number of piperazine rings is 1. The quantitative estimate of drug-likeness (QED) is 0.0757. The molecule has 0 radical (unpaired) electrons. The van der Waals surface area contributed by atoms with E-state index in [1.165, 1.54) is 11.1 Å². The number of morpholine rings is 1. The van der Waals surface area contributed by atoms with Gasteiger partial charge in [-0.05, 0) is 117 Å². The topological polar surface area (TPSA) is 235 Å². The van der Waals surface area contributed by atoms with E-state index in [1.54, 1.807) is 19.4 Å². The van der Waals surface area contributed by atoms with E-state index >= 15 is 0 Å². The third-order valence-electron chi connectivity index (χ3n) is 18.1. The molecule has 4 aromatic heterocycles. The molecule has 13 rings (SSSR count). The van der Waals surface area contributed by atoms with Gasteiger partial charge in [0, 0.05) is 101 Å². The number of H-pyrrole nitrogens is 1. The first-order valence-electron chi connectivity index (χ1n) is 28.7. The lowest BCUT2D eigenvalue weighted by atomic mass is 9.59. The largest absolute Gasteiger partial charge is 0.493 e. The molecule has 3 atom stereocenters. The molecular formula is C59H70N12O10S. The number of methoxy groups -OCH3 is 1. The average Bonchev–Trinajstić information content (AvgIpc) is 4.12. The van der Waals surface area contributed by atoms with E-state index in [4.69, 9.17) is 33.7 Å². The molecule has 7 aliphatic rings. The van der Waals surface area contributed by atoms with Gasteiger partial charge in [0.05, 0.1) is 55.2 Å². The number of aromatic amines is 1. The van der Waals surface area contributed by atoms with Gasteiger partial charge < -0.3 is 48.7 Å². The number of carbonyl (C=O) groups is 1. The molecule has 5 fully saturated rings. The normalized spacial score (nSPS) is 22.6. The number of sulfonamides is 1. The summed E-state index contributed by atoms with van der Waals surface area (Å²) in [6, 6.07) is 21.6. The predicted octanol–water partition coefficient (Wildman–Crippen LogP) is 7.36. The van der Waals surface area contributed by atoms with Gasteiger partial charge in [0.1, 0.15) is 24.0 Å². The summed E-state index contributed by atoms with van der Waals surface area (Å²) in [6.45, 7) is 13.9. The van der Waals surface area contributed by atoms with Crippen LogP contribution in [0, 0.1) is 28.4 Å². The summed E-state index contributed by atoms with van der Waals surface area (Å²) < 4.78 is 59.9. The number of benzene rings is 2. The van der Waals surface area contributed by atoms with Gasteiger partial charge in [-0.15, -0.1) is 0 Å². The molecule has 4 saturated heterocycles. The zero-order valence-corrected chi connectivity index (χ0v) is 47.4. The molecule has 6 aromatic rings. The van der Waals surface area contributed by atoms with E-state index in [1.807, 2.05) is 42.3 Å². The SMILES string of the molecule is COc1cc(CN2CCN(C3CC4(CCN(c5ccc(C(=O)NS(=O)(=O)c6cc([N+](=O)[O-])c7c(n6)OC[C@@H](C6CCOCC6)N7)c(N6C[C@H](C)Oc7nc8[nH]ccc8cc76)c5)CC4)C3)[C@H](c3ccccc3C)C2)cnc1N1CCOCC1. The zero-order valence-electron chi connectivity index (χ0n) is 46.6. The van der Waals surface area contributed by atoms with Crippen LogP contribution in [0.2, 0.25) is 0 Å². The van der Waals surface area contributed by atoms with Gasteiger partial charge in [-0.1, -0.05) is 24.3 Å². The number of piperidine rings is 1. The molecule has 22 nitrogen and oxygen atoms in total. The number of fused-ring (bicyclic) bond motifs is 3. The van der Waals surface area contributed by atoms with Crippen molar-refractivity contribution >= 4 is 61.2 Å². The van der Waals surface area contributed by atoms with E-state index in [0.29, 0.717) is 61.9 Å². The molecule has 1 spiro atoms. The molecule has 1 amide bonds. The lowest BCUT2D eigenvalue weighted by Gasteiger charge is -2.58. The molecule has 0 unspecified atom stereocenters. The van der Waals surface area contributed by atoms with Crippen molar-refractivity contribution in [3.63, 3.8) is 0 Å². The molecule has 6 aliphatic heterocycles. The third kappa shape index (κ3) is 10.5. The molecule has 1 aliphatic carbocycles. The van der Waals surface area contributed by atoms with Crippen LogP contribution in [0.3, 0.4) is 0 Å². The first kappa shape index (κ1) is 54.0. The maximum Gasteiger partial charge on any atom is 0.300 e. The minimum absolute atomic E-state index is 0.000953. The van der Waals surface area contributed by atoms with E-state index in [0.717, 1.165) is 125 Å². The Morgan fingerprint density at radius 3 is 2.48 bits per heavy atom. The number of pyridine rings is 3. The van der Waals surface area contributed by atoms with Gasteiger partial charge in [0.2, 0.25) is 11.8 Å². The summed E-state index contributed by atoms with van der Waals surface area (Å²) in [5, 5.41) is 15.8. The van der Waals surface area contributed by atoms with E-state index < -0.39 is 31.6 Å². The van der Waals surface area contributed by atoms with Crippen LogP contribution >= 0.6 is 0 Å². The second kappa shape index (κ2) is 22.1. The first-order valence-corrected chi connectivity index (χ1v) is 30.2. The summed E-state index contributed by atoms with van der Waals surface area (Å²) in [5.74, 6) is 1.03. The van der Waals surface area contributed by atoms with Crippen LogP contribution in [0.5, 0.6) is 17.5 Å². The van der Waals surface area contributed by atoms with Crippen molar-refractivity contribution in [1.82, 2.24) is 34.5 Å². The zero-order chi connectivity index (χ0) is 56.3. The van der Waals surface area contributed by atoms with Crippen molar-refractivity contribution in [2.75, 3.05) is 113 Å². The number of ether oxygens (including phenoxy) is 5. The summed E-state index contributed by atoms with van der Waals surface area (Å²) in [4.78, 5) is 55.5. The number of carbonyl (C=O) groups excluding carboxylic acids is 1. The Bertz CT molecular complexity index is 3500. The smallest absolute Gasteiger partial charge is 0.300 e. The number of amides is 1. The molecule has 1 saturated carbocycles. The molecule has 10 heterocycles. The van der Waals surface area contributed by atoms with E-state index in [9.17, 15) is 23.3 Å². The van der Waals surface area contributed by atoms with Crippen molar-refractivity contribution in [2.45, 2.75) is 88.2 Å². The number of nitrogens with one attached hydrogen (secondary N) is 3. The van der Waals surface area contributed by atoms with Crippen LogP contribution in [0.4, 0.5) is 34.3 Å². The molecule has 0 bridgehead atoms. The second-order valence-electron chi connectivity index (χ2n) is 23.2. The van der Waals surface area contributed by atoms with Crippen molar-refractivity contribution < 1.29 is 41.8 Å². The predicted molar refractivity (Wildman–Crippen MR) is 308 cm³/mol. The fraction of sp³-hybridized carbons (Fsp3) is 0.492. The van der Waals surface area contributed by atoms with Crippen LogP contribution in [-0.2, 0) is 26.0 Å². The van der Waals surface area contributed by atoms with E-state index in [2.05, 4.69) is 76.9 Å². The molecule has 2 aromatic carbocycles. The van der Waals surface area contributed by atoms with Crippen LogP contribution < -0.4 is 38.9 Å². The number of anilines is 5. The Balaban J connectivity index is 0.728. The Labute approximate surface area is 476 Å². The van der Waals surface area contributed by atoms with Crippen LogP contribution in [0.15, 0.2) is 84.1 Å². The van der Waals surface area contributed by atoms with Crippen molar-refractivity contribution in [3.05, 3.63) is 111 Å². The van der Waals surface area contributed by atoms with Crippen molar-refractivity contribution in [3.8, 4) is 17.5 Å². The first-order chi connectivity index (χ1) is 39.8. The number of nitrogens with zero attached hydrogens (tertiary/aromatic N) is 9. The van der Waals surface area contributed by atoms with E-state index in [-0.39, 0.29) is 53.3 Å². The maximum absolute atomic E-state index is 14.7. The van der Waals surface area contributed by atoms with Crippen LogP contribution in [-0.4, -0.2) is 160 Å². The molecule has 3 N–H and O–H groups in total. The number of hydrogen-bond donors (Lipinski definition) is 3. The van der Waals surface area contributed by atoms with Crippen molar-refractivity contribution in [1.29, 1.82) is 0 Å². The van der Waals surface area contributed by atoms with Gasteiger partial charge in [-0.3, -0.25) is 24.7 Å². The van der Waals surface area contributed by atoms with Gasteiger partial charge in [-0.2, -0.15) is 18.4 Å². The Morgan fingerprint density at radius 2 is 1.70 bits per heavy atom. The fourth-order valence-corrected chi connectivity index (χ4v) is 14.6. The van der Waals surface area contributed by atoms with Crippen molar-refractivity contribution in [2.24, 2.45) is 11.3 Å². The highest BCUT2D eigenvalue weighted by Gasteiger charge is 2.50. The average molecular weight is 1140 g/mol. The van der Waals surface area contributed by atoms with Crippen LogP contribution in [0.25, 0.3) is 11.0 Å². The maximum atomic E-state index is 14.7. The molecule has 82 heavy (non-hydrogen) atoms. The Hall–Kier alpha value is -7.31. The standard InChI is InChI=1S/C59H70N12O10S/c1-37-6-4-5-7-44(37)50-35-66(34-39-26-51(77-3)55(61-32-39)68-20-24-79-25-21-68)18-19-69(50)43-30-59(31-43)13-16-67(17-14-59)42-8-9-45(47(28-42)70-33-38(2)81-57-49(70)27-41-10-15-60-54(41)64-57)56(72)65-82(75,76)52-29-48(71(73)74)53-58(63-52)80-36-46(62-53)40-11-22-78-23-12-40/h4-10,15,26-29,32,38,40,43,46,50,62H,11-14,16-25,30-31,33-36H2,1-3H3,(H,60,64)(H,65,72)/t38-,46-,50-/m0/s1. The van der Waals surface area contributed by atoms with Gasteiger partial charge in [0.15, 0.2) is 22.3 Å². The van der Waals surface area contributed by atoms with Crippen LogP contribution in [0.1, 0.15) is 78.5 Å². The number of hydrogen-bond acceptors (Lipinski definition) is 19. The Kier molecular flexibility index (Phi) is 14.6. The monoisotopic (exact) mass is 1140 g/mol. The number of aryl methyl sites for hydroxylation is 1. The number of nitro groups is 1. The minimum atomic E-state index is -4.79. The van der Waals surface area contributed by atoms with Gasteiger partial charge >= 0.3 is 5.69 Å². The fourth-order valence-electron chi connectivity index (χ4n) is 13.7. The van der Waals surface area contributed by atoms with Gasteiger partial charge in [0.25, 0.3) is 15.9 Å². The summed E-state index contributed by atoms with van der Waals surface area (Å²) in [6.07, 6.45) is 9.20. The highest BCUT2D eigenvalue weighted by molar-refractivity contribution is 7.90. The minimum Gasteiger partial charge on any atom is -0.493 e. The number of rotatable bonds is 13. The Morgan fingerprint density at radius 1 is 0.902 bits per heavy atom.